The number of aryl methyl sites for hydroxylation is 1. The second-order valence-corrected chi connectivity index (χ2v) is 9.99. The standard InChI is InChI=1S/C20H31N3O2S/c1-20(2,3)14-4-5-16-13(10-14)11-17(26-16)19(25)22-15-6-8-23(9-7-15)12-18(21)24/h11,14-15H,4-10,12H2,1-3H3,(H2,21,24)(H,22,25). The lowest BCUT2D eigenvalue weighted by Gasteiger charge is -2.33. The topological polar surface area (TPSA) is 75.4 Å². The molecule has 0 bridgehead atoms. The molecule has 0 saturated carbocycles. The number of nitrogens with one attached hydrogen (secondary N) is 1. The first-order valence-corrected chi connectivity index (χ1v) is 10.5. The molecular weight excluding hydrogens is 346 g/mol. The molecule has 2 aliphatic rings. The molecule has 2 amide bonds. The molecule has 1 fully saturated rings. The molecule has 1 aliphatic carbocycles. The summed E-state index contributed by atoms with van der Waals surface area (Å²) in [5.41, 5.74) is 6.95. The number of piperidine rings is 1. The summed E-state index contributed by atoms with van der Waals surface area (Å²) in [5.74, 6) is 0.463. The summed E-state index contributed by atoms with van der Waals surface area (Å²) in [5, 5.41) is 3.19. The molecule has 1 aromatic heterocycles. The molecule has 1 aromatic rings. The van der Waals surface area contributed by atoms with E-state index in [0.717, 1.165) is 43.6 Å². The summed E-state index contributed by atoms with van der Waals surface area (Å²) < 4.78 is 0. The monoisotopic (exact) mass is 377 g/mol. The van der Waals surface area contributed by atoms with Gasteiger partial charge in [0.1, 0.15) is 0 Å². The number of nitrogens with two attached hydrogens (primary N) is 1. The van der Waals surface area contributed by atoms with E-state index in [2.05, 4.69) is 37.1 Å². The van der Waals surface area contributed by atoms with E-state index in [1.165, 1.54) is 16.9 Å². The van der Waals surface area contributed by atoms with Crippen LogP contribution in [0.25, 0.3) is 0 Å². The molecule has 0 radical (unpaired) electrons. The second-order valence-electron chi connectivity index (χ2n) is 8.86. The maximum Gasteiger partial charge on any atom is 0.261 e. The number of thiophene rings is 1. The maximum absolute atomic E-state index is 12.7. The molecule has 0 aromatic carbocycles. The van der Waals surface area contributed by atoms with Gasteiger partial charge in [0.25, 0.3) is 5.91 Å². The van der Waals surface area contributed by atoms with E-state index in [9.17, 15) is 9.59 Å². The molecule has 5 nitrogen and oxygen atoms in total. The van der Waals surface area contributed by atoms with Crippen LogP contribution in [0.15, 0.2) is 6.07 Å². The summed E-state index contributed by atoms with van der Waals surface area (Å²) >= 11 is 1.67. The number of primary amides is 1. The third kappa shape index (κ3) is 4.65. The minimum absolute atomic E-state index is 0.0602. The van der Waals surface area contributed by atoms with Gasteiger partial charge in [-0.15, -0.1) is 11.3 Å². The fourth-order valence-electron chi connectivity index (χ4n) is 4.09. The van der Waals surface area contributed by atoms with Gasteiger partial charge in [0.2, 0.25) is 5.91 Å². The quantitative estimate of drug-likeness (QED) is 0.847. The number of carbonyl (C=O) groups excluding carboxylic acids is 2. The molecule has 3 N–H and O–H groups in total. The van der Waals surface area contributed by atoms with Crippen molar-refractivity contribution in [3.05, 3.63) is 21.4 Å². The first kappa shape index (κ1) is 19.4. The van der Waals surface area contributed by atoms with Crippen LogP contribution < -0.4 is 11.1 Å². The fraction of sp³-hybridized carbons (Fsp3) is 0.700. The van der Waals surface area contributed by atoms with Gasteiger partial charge >= 0.3 is 0 Å². The molecular formula is C20H31N3O2S. The third-order valence-corrected chi connectivity index (χ3v) is 7.07. The van der Waals surface area contributed by atoms with Crippen molar-refractivity contribution in [2.24, 2.45) is 17.1 Å². The van der Waals surface area contributed by atoms with Crippen LogP contribution in [0.5, 0.6) is 0 Å². The van der Waals surface area contributed by atoms with Crippen LogP contribution in [-0.2, 0) is 17.6 Å². The van der Waals surface area contributed by atoms with Crippen molar-refractivity contribution in [3.63, 3.8) is 0 Å². The molecule has 0 spiro atoms. The number of likely N-dealkylation sites (tertiary alicyclic amines) is 1. The van der Waals surface area contributed by atoms with Crippen LogP contribution in [0.2, 0.25) is 0 Å². The summed E-state index contributed by atoms with van der Waals surface area (Å²) in [6.07, 6.45) is 5.15. The van der Waals surface area contributed by atoms with Crippen molar-refractivity contribution >= 4 is 23.2 Å². The molecule has 2 heterocycles. The zero-order chi connectivity index (χ0) is 18.9. The number of carbonyl (C=O) groups is 2. The number of hydrogen-bond acceptors (Lipinski definition) is 4. The first-order chi connectivity index (χ1) is 12.2. The van der Waals surface area contributed by atoms with Crippen LogP contribution in [0.1, 0.15) is 60.1 Å². The van der Waals surface area contributed by atoms with E-state index in [0.29, 0.717) is 17.9 Å². The Hall–Kier alpha value is -1.40. The van der Waals surface area contributed by atoms with Crippen molar-refractivity contribution < 1.29 is 9.59 Å². The van der Waals surface area contributed by atoms with Gasteiger partial charge in [-0.05, 0) is 55.1 Å². The number of hydrogen-bond donors (Lipinski definition) is 2. The Morgan fingerprint density at radius 3 is 2.58 bits per heavy atom. The fourth-order valence-corrected chi connectivity index (χ4v) is 5.20. The van der Waals surface area contributed by atoms with Crippen molar-refractivity contribution in [2.75, 3.05) is 19.6 Å². The van der Waals surface area contributed by atoms with Gasteiger partial charge < -0.3 is 11.1 Å². The Kier molecular flexibility index (Phi) is 5.72. The van der Waals surface area contributed by atoms with E-state index in [4.69, 9.17) is 5.73 Å². The number of rotatable bonds is 4. The highest BCUT2D eigenvalue weighted by Gasteiger charge is 2.31. The lowest BCUT2D eigenvalue weighted by Crippen LogP contribution is -2.46. The van der Waals surface area contributed by atoms with Gasteiger partial charge in [-0.1, -0.05) is 20.8 Å². The van der Waals surface area contributed by atoms with Crippen molar-refractivity contribution in [2.45, 2.75) is 58.9 Å². The van der Waals surface area contributed by atoms with Crippen molar-refractivity contribution in [3.8, 4) is 0 Å². The van der Waals surface area contributed by atoms with Gasteiger partial charge in [0.15, 0.2) is 0 Å². The molecule has 6 heteroatoms. The van der Waals surface area contributed by atoms with Gasteiger partial charge in [-0.2, -0.15) is 0 Å². The lowest BCUT2D eigenvalue weighted by molar-refractivity contribution is -0.119. The summed E-state index contributed by atoms with van der Waals surface area (Å²) in [7, 11) is 0. The molecule has 144 valence electrons. The molecule has 1 aliphatic heterocycles. The molecule has 26 heavy (non-hydrogen) atoms. The Morgan fingerprint density at radius 2 is 1.96 bits per heavy atom. The van der Waals surface area contributed by atoms with Crippen LogP contribution in [0, 0.1) is 11.3 Å². The minimum atomic E-state index is -0.287. The van der Waals surface area contributed by atoms with E-state index in [-0.39, 0.29) is 17.9 Å². The Morgan fingerprint density at radius 1 is 1.27 bits per heavy atom. The number of amides is 2. The van der Waals surface area contributed by atoms with E-state index >= 15 is 0 Å². The predicted octanol–water partition coefficient (Wildman–Crippen LogP) is 2.58. The minimum Gasteiger partial charge on any atom is -0.369 e. The first-order valence-electron chi connectivity index (χ1n) is 9.65. The molecule has 1 unspecified atom stereocenters. The number of nitrogens with zero attached hydrogens (tertiary/aromatic N) is 1. The van der Waals surface area contributed by atoms with Crippen molar-refractivity contribution in [1.82, 2.24) is 10.2 Å². The Bertz CT molecular complexity index is 669. The van der Waals surface area contributed by atoms with Crippen LogP contribution in [0.4, 0.5) is 0 Å². The normalized spacial score (nSPS) is 22.0. The SMILES string of the molecule is CC(C)(C)C1CCc2sc(C(=O)NC3CCN(CC(N)=O)CC3)cc2C1. The Balaban J connectivity index is 1.55. The highest BCUT2D eigenvalue weighted by Crippen LogP contribution is 2.40. The highest BCUT2D eigenvalue weighted by atomic mass is 32.1. The zero-order valence-corrected chi connectivity index (χ0v) is 17.0. The van der Waals surface area contributed by atoms with Gasteiger partial charge in [-0.25, -0.2) is 0 Å². The average Bonchev–Trinajstić information content (AvgIpc) is 2.98. The lowest BCUT2D eigenvalue weighted by atomic mass is 9.72. The van der Waals surface area contributed by atoms with Gasteiger partial charge in [-0.3, -0.25) is 14.5 Å². The van der Waals surface area contributed by atoms with Gasteiger partial charge in [0.05, 0.1) is 11.4 Å². The summed E-state index contributed by atoms with van der Waals surface area (Å²) in [6.45, 7) is 8.87. The van der Waals surface area contributed by atoms with Crippen molar-refractivity contribution in [1.29, 1.82) is 0 Å². The third-order valence-electron chi connectivity index (χ3n) is 5.83. The summed E-state index contributed by atoms with van der Waals surface area (Å²) in [6, 6.07) is 2.31. The van der Waals surface area contributed by atoms with Crippen LogP contribution >= 0.6 is 11.3 Å². The number of fused-ring (bicyclic) bond motifs is 1. The Labute approximate surface area is 160 Å². The molecule has 1 atom stereocenters. The summed E-state index contributed by atoms with van der Waals surface area (Å²) in [4.78, 5) is 28.0. The van der Waals surface area contributed by atoms with Crippen LogP contribution in [0.3, 0.4) is 0 Å². The zero-order valence-electron chi connectivity index (χ0n) is 16.1. The largest absolute Gasteiger partial charge is 0.369 e. The predicted molar refractivity (Wildman–Crippen MR) is 105 cm³/mol. The molecule has 1 saturated heterocycles. The highest BCUT2D eigenvalue weighted by molar-refractivity contribution is 7.14. The molecule has 3 rings (SSSR count). The smallest absolute Gasteiger partial charge is 0.261 e. The van der Waals surface area contributed by atoms with E-state index in [1.807, 2.05) is 0 Å². The van der Waals surface area contributed by atoms with E-state index < -0.39 is 0 Å². The second kappa shape index (κ2) is 7.69. The van der Waals surface area contributed by atoms with Gasteiger partial charge in [0, 0.05) is 24.0 Å². The van der Waals surface area contributed by atoms with Crippen LogP contribution in [-0.4, -0.2) is 42.4 Å². The van der Waals surface area contributed by atoms with E-state index in [1.54, 1.807) is 11.3 Å². The maximum atomic E-state index is 12.7. The average molecular weight is 378 g/mol.